The van der Waals surface area contributed by atoms with Crippen LogP contribution in [0, 0.1) is 5.92 Å². The zero-order valence-electron chi connectivity index (χ0n) is 16.3. The molecule has 0 spiro atoms. The summed E-state index contributed by atoms with van der Waals surface area (Å²) in [7, 11) is 1.58. The van der Waals surface area contributed by atoms with Gasteiger partial charge in [-0.15, -0.1) is 0 Å². The summed E-state index contributed by atoms with van der Waals surface area (Å²) in [6, 6.07) is 9.23. The Balaban J connectivity index is 1.71. The van der Waals surface area contributed by atoms with E-state index in [9.17, 15) is 19.2 Å². The van der Waals surface area contributed by atoms with Crippen LogP contribution >= 0.6 is 0 Å². The summed E-state index contributed by atoms with van der Waals surface area (Å²) in [6.07, 6.45) is 3.39. The molecule has 1 atom stereocenters. The normalized spacial score (nSPS) is 16.3. The van der Waals surface area contributed by atoms with Crippen molar-refractivity contribution in [1.29, 1.82) is 0 Å². The van der Waals surface area contributed by atoms with Crippen molar-refractivity contribution in [2.45, 2.75) is 13.0 Å². The van der Waals surface area contributed by atoms with Gasteiger partial charge in [0.2, 0.25) is 11.8 Å². The van der Waals surface area contributed by atoms with Crippen LogP contribution in [-0.4, -0.2) is 58.8 Å². The number of rotatable bonds is 7. The zero-order chi connectivity index (χ0) is 21.7. The first-order valence-electron chi connectivity index (χ1n) is 9.29. The van der Waals surface area contributed by atoms with Crippen molar-refractivity contribution in [3.8, 4) is 16.9 Å². The van der Waals surface area contributed by atoms with Crippen molar-refractivity contribution in [1.82, 2.24) is 15.2 Å². The highest BCUT2D eigenvalue weighted by Crippen LogP contribution is 2.29. The fraction of sp³-hybridized carbons (Fsp3) is 0.286. The van der Waals surface area contributed by atoms with E-state index in [0.29, 0.717) is 5.75 Å². The smallest absolute Gasteiger partial charge is 0.322 e. The first-order valence-corrected chi connectivity index (χ1v) is 9.29. The molecule has 0 aliphatic carbocycles. The molecule has 2 N–H and O–H groups in total. The lowest BCUT2D eigenvalue weighted by Gasteiger charge is -2.30. The Kier molecular flexibility index (Phi) is 6.41. The number of nitrogens with zero attached hydrogens (tertiary/aromatic N) is 2. The molecule has 9 heteroatoms. The van der Waals surface area contributed by atoms with Crippen LogP contribution in [0.1, 0.15) is 12.0 Å². The molecule has 1 unspecified atom stereocenters. The van der Waals surface area contributed by atoms with E-state index in [2.05, 4.69) is 10.3 Å². The number of ether oxygens (including phenoxy) is 1. The molecule has 0 radical (unpaired) electrons. The third-order valence-electron chi connectivity index (χ3n) is 4.82. The number of carbonyl (C=O) groups is 4. The largest absolute Gasteiger partial charge is 0.496 e. The number of aromatic nitrogens is 1. The fourth-order valence-electron chi connectivity index (χ4n) is 3.29. The second kappa shape index (κ2) is 9.17. The number of pyridine rings is 1. The van der Waals surface area contributed by atoms with Crippen LogP contribution in [0.25, 0.3) is 11.1 Å². The number of Topliss-reactive ketones (excluding diaryl/α,β-unsaturated/α-hetero) is 1. The highest BCUT2D eigenvalue weighted by molar-refractivity contribution is 6.19. The van der Waals surface area contributed by atoms with Gasteiger partial charge in [0.25, 0.3) is 0 Å². The Morgan fingerprint density at radius 1 is 1.23 bits per heavy atom. The summed E-state index contributed by atoms with van der Waals surface area (Å²) in [4.78, 5) is 53.0. The number of carboxylic acids is 1. The van der Waals surface area contributed by atoms with Crippen LogP contribution in [-0.2, 0) is 25.7 Å². The average Bonchev–Trinajstić information content (AvgIpc) is 2.75. The second-order valence-corrected chi connectivity index (χ2v) is 6.79. The van der Waals surface area contributed by atoms with Crippen molar-refractivity contribution in [2.24, 2.45) is 5.92 Å². The van der Waals surface area contributed by atoms with E-state index in [4.69, 9.17) is 9.84 Å². The van der Waals surface area contributed by atoms with Gasteiger partial charge in [0.05, 0.1) is 7.11 Å². The van der Waals surface area contributed by atoms with Gasteiger partial charge in [-0.25, -0.2) is 0 Å². The number of carbonyl (C=O) groups excluding carboxylic acids is 3. The van der Waals surface area contributed by atoms with Gasteiger partial charge < -0.3 is 20.1 Å². The highest BCUT2D eigenvalue weighted by atomic mass is 16.5. The molecular formula is C21H21N3O6. The number of ketones is 1. The van der Waals surface area contributed by atoms with Crippen LogP contribution in [0.5, 0.6) is 5.75 Å². The minimum absolute atomic E-state index is 0.0435. The number of hydrogen-bond donors (Lipinski definition) is 2. The topological polar surface area (TPSA) is 126 Å². The van der Waals surface area contributed by atoms with E-state index in [1.165, 1.54) is 4.90 Å². The lowest BCUT2D eigenvalue weighted by atomic mass is 9.94. The van der Waals surface area contributed by atoms with Gasteiger partial charge in [0, 0.05) is 37.5 Å². The molecule has 2 amide bonds. The number of piperidine rings is 1. The molecule has 1 aliphatic heterocycles. The molecular weight excluding hydrogens is 390 g/mol. The standard InChI is InChI=1S/C21H21N3O6/c1-30-17-6-8-22-10-15(17)14-4-2-13(3-5-14)12-24-9-7-16(25)19(21(24)29)20(28)23-11-18(26)27/h2-6,8,10,19H,7,9,11-12H2,1H3,(H,23,28)(H,26,27). The Hall–Kier alpha value is -3.75. The monoisotopic (exact) mass is 411 g/mol. The summed E-state index contributed by atoms with van der Waals surface area (Å²) >= 11 is 0. The van der Waals surface area contributed by atoms with E-state index in [1.807, 2.05) is 24.3 Å². The zero-order valence-corrected chi connectivity index (χ0v) is 16.3. The van der Waals surface area contributed by atoms with Crippen molar-refractivity contribution >= 4 is 23.6 Å². The van der Waals surface area contributed by atoms with E-state index in [0.717, 1.165) is 16.7 Å². The molecule has 1 fully saturated rings. The highest BCUT2D eigenvalue weighted by Gasteiger charge is 2.40. The maximum absolute atomic E-state index is 12.7. The minimum Gasteiger partial charge on any atom is -0.496 e. The van der Waals surface area contributed by atoms with Crippen LogP contribution in [0.4, 0.5) is 0 Å². The third kappa shape index (κ3) is 4.62. The van der Waals surface area contributed by atoms with Crippen molar-refractivity contribution in [3.05, 3.63) is 48.3 Å². The Morgan fingerprint density at radius 3 is 2.63 bits per heavy atom. The van der Waals surface area contributed by atoms with E-state index < -0.39 is 36.0 Å². The molecule has 0 bridgehead atoms. The predicted octanol–water partition coefficient (Wildman–Crippen LogP) is 0.876. The Bertz CT molecular complexity index is 973. The van der Waals surface area contributed by atoms with Crippen molar-refractivity contribution in [2.75, 3.05) is 20.2 Å². The van der Waals surface area contributed by atoms with E-state index >= 15 is 0 Å². The van der Waals surface area contributed by atoms with Crippen LogP contribution < -0.4 is 10.1 Å². The van der Waals surface area contributed by atoms with Crippen LogP contribution in [0.3, 0.4) is 0 Å². The van der Waals surface area contributed by atoms with Gasteiger partial charge in [0.1, 0.15) is 12.3 Å². The summed E-state index contributed by atoms with van der Waals surface area (Å²) in [5.41, 5.74) is 2.56. The van der Waals surface area contributed by atoms with Gasteiger partial charge in [-0.3, -0.25) is 24.2 Å². The molecule has 3 rings (SSSR count). The van der Waals surface area contributed by atoms with Gasteiger partial charge in [-0.2, -0.15) is 0 Å². The molecule has 0 saturated carbocycles. The maximum Gasteiger partial charge on any atom is 0.322 e. The van der Waals surface area contributed by atoms with Gasteiger partial charge in [-0.1, -0.05) is 24.3 Å². The first kappa shape index (κ1) is 21.0. The third-order valence-corrected chi connectivity index (χ3v) is 4.82. The first-order chi connectivity index (χ1) is 14.4. The lowest BCUT2D eigenvalue weighted by Crippen LogP contribution is -2.52. The summed E-state index contributed by atoms with van der Waals surface area (Å²) in [5, 5.41) is 10.8. The van der Waals surface area contributed by atoms with Crippen LogP contribution in [0.2, 0.25) is 0 Å². The Morgan fingerprint density at radius 2 is 1.97 bits per heavy atom. The number of hydrogen-bond acceptors (Lipinski definition) is 6. The molecule has 1 aromatic heterocycles. The average molecular weight is 411 g/mol. The van der Waals surface area contributed by atoms with Gasteiger partial charge in [-0.05, 0) is 17.2 Å². The lowest BCUT2D eigenvalue weighted by molar-refractivity contribution is -0.152. The quantitative estimate of drug-likeness (QED) is 0.648. The molecule has 2 aromatic rings. The number of nitrogens with one attached hydrogen (secondary N) is 1. The minimum atomic E-state index is -1.50. The maximum atomic E-state index is 12.7. The molecule has 156 valence electrons. The SMILES string of the molecule is COc1ccncc1-c1ccc(CN2CCC(=O)C(C(=O)NCC(=O)O)C2=O)cc1. The van der Waals surface area contributed by atoms with Gasteiger partial charge in [0.15, 0.2) is 11.7 Å². The fourth-order valence-corrected chi connectivity index (χ4v) is 3.29. The predicted molar refractivity (Wildman–Crippen MR) is 105 cm³/mol. The second-order valence-electron chi connectivity index (χ2n) is 6.79. The van der Waals surface area contributed by atoms with E-state index in [-0.39, 0.29) is 19.5 Å². The summed E-state index contributed by atoms with van der Waals surface area (Å²) < 4.78 is 5.35. The number of aliphatic carboxylic acids is 1. The molecule has 1 aliphatic rings. The summed E-state index contributed by atoms with van der Waals surface area (Å²) in [5.74, 6) is -4.06. The number of methoxy groups -OCH3 is 1. The molecule has 1 aromatic carbocycles. The Labute approximate surface area is 172 Å². The molecule has 9 nitrogen and oxygen atoms in total. The van der Waals surface area contributed by atoms with Gasteiger partial charge >= 0.3 is 5.97 Å². The number of carboxylic acid groups (broad SMARTS) is 1. The van der Waals surface area contributed by atoms with Crippen LogP contribution in [0.15, 0.2) is 42.7 Å². The van der Waals surface area contributed by atoms with Crippen molar-refractivity contribution < 1.29 is 29.0 Å². The van der Waals surface area contributed by atoms with Crippen molar-refractivity contribution in [3.63, 3.8) is 0 Å². The number of likely N-dealkylation sites (tertiary alicyclic amines) is 1. The molecule has 1 saturated heterocycles. The molecule has 30 heavy (non-hydrogen) atoms. The number of benzene rings is 1. The van der Waals surface area contributed by atoms with E-state index in [1.54, 1.807) is 25.6 Å². The summed E-state index contributed by atoms with van der Waals surface area (Å²) in [6.45, 7) is -0.201. The number of amides is 2. The molecule has 2 heterocycles.